The van der Waals surface area contributed by atoms with Crippen LogP contribution in [0.15, 0.2) is 36.8 Å². The average molecular weight is 365 g/mol. The van der Waals surface area contributed by atoms with E-state index in [-0.39, 0.29) is 11.8 Å². The number of aryl methyl sites for hydroxylation is 1. The van der Waals surface area contributed by atoms with Crippen LogP contribution in [0.3, 0.4) is 0 Å². The van der Waals surface area contributed by atoms with Crippen LogP contribution in [0, 0.1) is 12.8 Å². The normalized spacial score (nSPS) is 18.0. The quantitative estimate of drug-likeness (QED) is 0.901. The number of hydrogen-bond donors (Lipinski definition) is 1. The summed E-state index contributed by atoms with van der Waals surface area (Å²) in [5, 5.41) is 3.06. The largest absolute Gasteiger partial charge is 0.367 e. The highest BCUT2D eigenvalue weighted by Gasteiger charge is 2.28. The molecule has 0 radical (unpaired) electrons. The van der Waals surface area contributed by atoms with Crippen LogP contribution < -0.4 is 15.1 Å². The number of carbonyl (C=O) groups excluding carboxylic acids is 1. The first-order valence-electron chi connectivity index (χ1n) is 9.88. The van der Waals surface area contributed by atoms with Crippen molar-refractivity contribution in [3.05, 3.63) is 42.4 Å². The number of nitrogens with zero attached hydrogens (tertiary/aromatic N) is 4. The van der Waals surface area contributed by atoms with Crippen LogP contribution in [0.2, 0.25) is 0 Å². The van der Waals surface area contributed by atoms with Crippen LogP contribution in [0.1, 0.15) is 31.2 Å². The topological polar surface area (TPSA) is 61.4 Å². The van der Waals surface area contributed by atoms with E-state index < -0.39 is 0 Å². The van der Waals surface area contributed by atoms with Gasteiger partial charge in [0.1, 0.15) is 6.33 Å². The Hall–Kier alpha value is -2.63. The molecule has 0 saturated carbocycles. The molecule has 6 heteroatoms. The number of anilines is 3. The van der Waals surface area contributed by atoms with Gasteiger partial charge in [-0.15, -0.1) is 0 Å². The Labute approximate surface area is 160 Å². The molecule has 4 rings (SSSR count). The number of nitrogens with one attached hydrogen (secondary N) is 1. The summed E-state index contributed by atoms with van der Waals surface area (Å²) in [4.78, 5) is 26.1. The SMILES string of the molecule is Cc1ccc(NC(=O)C2CCN(c3cncnc3N3CCCC3)CC2)cc1. The molecule has 2 aliphatic rings. The Morgan fingerprint density at radius 3 is 2.44 bits per heavy atom. The third-order valence-electron chi connectivity index (χ3n) is 5.60. The molecule has 142 valence electrons. The summed E-state index contributed by atoms with van der Waals surface area (Å²) in [5.41, 5.74) is 3.18. The second kappa shape index (κ2) is 7.94. The Morgan fingerprint density at radius 2 is 1.74 bits per heavy atom. The molecule has 2 saturated heterocycles. The highest BCUT2D eigenvalue weighted by atomic mass is 16.1. The molecule has 0 aliphatic carbocycles. The van der Waals surface area contributed by atoms with E-state index in [1.54, 1.807) is 6.33 Å². The van der Waals surface area contributed by atoms with E-state index in [9.17, 15) is 4.79 Å². The minimum atomic E-state index is 0.0578. The predicted molar refractivity (Wildman–Crippen MR) is 108 cm³/mol. The van der Waals surface area contributed by atoms with Crippen molar-refractivity contribution in [2.45, 2.75) is 32.6 Å². The van der Waals surface area contributed by atoms with E-state index in [4.69, 9.17) is 0 Å². The molecule has 3 heterocycles. The summed E-state index contributed by atoms with van der Waals surface area (Å²) in [6.45, 7) is 5.91. The summed E-state index contributed by atoms with van der Waals surface area (Å²) < 4.78 is 0. The highest BCUT2D eigenvalue weighted by molar-refractivity contribution is 5.92. The van der Waals surface area contributed by atoms with Crippen molar-refractivity contribution in [2.75, 3.05) is 41.3 Å². The zero-order valence-corrected chi connectivity index (χ0v) is 15.9. The summed E-state index contributed by atoms with van der Waals surface area (Å²) in [7, 11) is 0. The Kier molecular flexibility index (Phi) is 5.23. The van der Waals surface area contributed by atoms with Gasteiger partial charge in [-0.2, -0.15) is 0 Å². The molecular weight excluding hydrogens is 338 g/mol. The zero-order valence-electron chi connectivity index (χ0n) is 15.9. The molecule has 0 bridgehead atoms. The summed E-state index contributed by atoms with van der Waals surface area (Å²) >= 11 is 0. The smallest absolute Gasteiger partial charge is 0.227 e. The van der Waals surface area contributed by atoms with Crippen molar-refractivity contribution < 1.29 is 4.79 Å². The lowest BCUT2D eigenvalue weighted by atomic mass is 9.95. The van der Waals surface area contributed by atoms with Gasteiger partial charge in [0.25, 0.3) is 0 Å². The van der Waals surface area contributed by atoms with Crippen molar-refractivity contribution in [2.24, 2.45) is 5.92 Å². The molecule has 1 amide bonds. The minimum Gasteiger partial charge on any atom is -0.367 e. The number of carbonyl (C=O) groups is 1. The first-order chi connectivity index (χ1) is 13.2. The van der Waals surface area contributed by atoms with Crippen LogP contribution >= 0.6 is 0 Å². The molecule has 0 unspecified atom stereocenters. The van der Waals surface area contributed by atoms with Gasteiger partial charge in [-0.25, -0.2) is 9.97 Å². The zero-order chi connectivity index (χ0) is 18.6. The summed E-state index contributed by atoms with van der Waals surface area (Å²) in [5.74, 6) is 1.23. The van der Waals surface area contributed by atoms with Gasteiger partial charge in [0.05, 0.1) is 11.9 Å². The molecule has 1 aromatic carbocycles. The van der Waals surface area contributed by atoms with Crippen LogP contribution in [-0.2, 0) is 4.79 Å². The van der Waals surface area contributed by atoms with E-state index in [1.165, 1.54) is 18.4 Å². The van der Waals surface area contributed by atoms with Gasteiger partial charge in [0.15, 0.2) is 5.82 Å². The second-order valence-electron chi connectivity index (χ2n) is 7.54. The number of rotatable bonds is 4. The fourth-order valence-corrected chi connectivity index (χ4v) is 3.98. The molecule has 1 aromatic heterocycles. The number of hydrogen-bond acceptors (Lipinski definition) is 5. The van der Waals surface area contributed by atoms with Crippen molar-refractivity contribution >= 4 is 23.1 Å². The van der Waals surface area contributed by atoms with E-state index in [0.717, 1.165) is 56.2 Å². The van der Waals surface area contributed by atoms with Crippen LogP contribution in [-0.4, -0.2) is 42.1 Å². The average Bonchev–Trinajstić information content (AvgIpc) is 3.24. The fourth-order valence-electron chi connectivity index (χ4n) is 3.98. The van der Waals surface area contributed by atoms with Crippen molar-refractivity contribution in [1.82, 2.24) is 9.97 Å². The molecule has 0 atom stereocenters. The molecule has 2 fully saturated rings. The van der Waals surface area contributed by atoms with Gasteiger partial charge in [0.2, 0.25) is 5.91 Å². The van der Waals surface area contributed by atoms with E-state index in [0.29, 0.717) is 0 Å². The van der Waals surface area contributed by atoms with Crippen LogP contribution in [0.4, 0.5) is 17.2 Å². The van der Waals surface area contributed by atoms with E-state index >= 15 is 0 Å². The number of benzene rings is 1. The van der Waals surface area contributed by atoms with Crippen LogP contribution in [0.5, 0.6) is 0 Å². The molecular formula is C21H27N5O. The first kappa shape index (κ1) is 17.8. The lowest BCUT2D eigenvalue weighted by Gasteiger charge is -2.34. The van der Waals surface area contributed by atoms with Gasteiger partial charge in [0, 0.05) is 37.8 Å². The first-order valence-corrected chi connectivity index (χ1v) is 9.88. The highest BCUT2D eigenvalue weighted by Crippen LogP contribution is 2.32. The molecule has 27 heavy (non-hydrogen) atoms. The molecule has 2 aliphatic heterocycles. The third-order valence-corrected chi connectivity index (χ3v) is 5.60. The van der Waals surface area contributed by atoms with Gasteiger partial charge < -0.3 is 15.1 Å². The van der Waals surface area contributed by atoms with Gasteiger partial charge in [-0.1, -0.05) is 17.7 Å². The molecule has 1 N–H and O–H groups in total. The van der Waals surface area contributed by atoms with Crippen molar-refractivity contribution in [3.8, 4) is 0 Å². The van der Waals surface area contributed by atoms with Gasteiger partial charge in [-0.05, 0) is 44.7 Å². The molecule has 2 aromatic rings. The molecule has 0 spiro atoms. The molecule has 6 nitrogen and oxygen atoms in total. The standard InChI is InChI=1S/C21H27N5O/c1-16-4-6-18(7-5-16)24-21(27)17-8-12-25(13-9-17)19-14-22-15-23-20(19)26-10-2-3-11-26/h4-7,14-15,17H,2-3,8-13H2,1H3,(H,24,27). The maximum Gasteiger partial charge on any atom is 0.227 e. The van der Waals surface area contributed by atoms with Crippen molar-refractivity contribution in [3.63, 3.8) is 0 Å². The third kappa shape index (κ3) is 4.04. The van der Waals surface area contributed by atoms with Gasteiger partial charge >= 0.3 is 0 Å². The van der Waals surface area contributed by atoms with Crippen molar-refractivity contribution in [1.29, 1.82) is 0 Å². The van der Waals surface area contributed by atoms with E-state index in [1.807, 2.05) is 37.4 Å². The maximum absolute atomic E-state index is 12.6. The van der Waals surface area contributed by atoms with Crippen LogP contribution in [0.25, 0.3) is 0 Å². The number of piperidine rings is 1. The monoisotopic (exact) mass is 365 g/mol. The lowest BCUT2D eigenvalue weighted by molar-refractivity contribution is -0.120. The summed E-state index contributed by atoms with van der Waals surface area (Å²) in [6.07, 6.45) is 7.72. The maximum atomic E-state index is 12.6. The fraction of sp³-hybridized carbons (Fsp3) is 0.476. The Bertz CT molecular complexity index is 777. The summed E-state index contributed by atoms with van der Waals surface area (Å²) in [6, 6.07) is 7.97. The van der Waals surface area contributed by atoms with Gasteiger partial charge in [-0.3, -0.25) is 4.79 Å². The lowest BCUT2D eigenvalue weighted by Crippen LogP contribution is -2.39. The Balaban J connectivity index is 1.38. The number of aromatic nitrogens is 2. The predicted octanol–water partition coefficient (Wildman–Crippen LogP) is 3.24. The van der Waals surface area contributed by atoms with E-state index in [2.05, 4.69) is 25.1 Å². The number of amides is 1. The minimum absolute atomic E-state index is 0.0578. The second-order valence-corrected chi connectivity index (χ2v) is 7.54. The Morgan fingerprint density at radius 1 is 1.04 bits per heavy atom.